The van der Waals surface area contributed by atoms with Gasteiger partial charge in [0.2, 0.25) is 0 Å². The van der Waals surface area contributed by atoms with Crippen LogP contribution in [0.15, 0.2) is 23.1 Å². The van der Waals surface area contributed by atoms with Crippen LogP contribution in [-0.2, 0) is 10.2 Å². The highest BCUT2D eigenvalue weighted by Gasteiger charge is 2.47. The van der Waals surface area contributed by atoms with Crippen molar-refractivity contribution in [1.82, 2.24) is 0 Å². The monoisotopic (exact) mass is 240 g/mol. The van der Waals surface area contributed by atoms with Crippen LogP contribution in [0.25, 0.3) is 0 Å². The Labute approximate surface area is 97.9 Å². The molecule has 0 aliphatic heterocycles. The third kappa shape index (κ3) is 1.52. The van der Waals surface area contributed by atoms with Crippen LogP contribution in [0.4, 0.5) is 4.39 Å². The van der Waals surface area contributed by atoms with E-state index in [1.165, 1.54) is 17.8 Å². The summed E-state index contributed by atoms with van der Waals surface area (Å²) in [5.41, 5.74) is -0.209. The standard InChI is InChI=1S/C12H13FO2S/c1-16-10-8(4-2-5-9(10)13)12(11(14)15)6-3-7-12/h2,4-5H,3,6-7H2,1H3,(H,14,15). The second kappa shape index (κ2) is 4.09. The average molecular weight is 240 g/mol. The molecule has 1 fully saturated rings. The van der Waals surface area contributed by atoms with Crippen LogP contribution in [0.5, 0.6) is 0 Å². The minimum absolute atomic E-state index is 0.322. The lowest BCUT2D eigenvalue weighted by atomic mass is 9.64. The highest BCUT2D eigenvalue weighted by molar-refractivity contribution is 7.98. The van der Waals surface area contributed by atoms with Gasteiger partial charge in [0.15, 0.2) is 0 Å². The molecule has 0 unspecified atom stereocenters. The molecular weight excluding hydrogens is 227 g/mol. The predicted molar refractivity (Wildman–Crippen MR) is 61.3 cm³/mol. The Morgan fingerprint density at radius 1 is 1.50 bits per heavy atom. The molecule has 1 saturated carbocycles. The maximum Gasteiger partial charge on any atom is 0.314 e. The zero-order chi connectivity index (χ0) is 11.8. The van der Waals surface area contributed by atoms with Crippen LogP contribution in [0, 0.1) is 5.82 Å². The lowest BCUT2D eigenvalue weighted by molar-refractivity contribution is -0.147. The lowest BCUT2D eigenvalue weighted by Gasteiger charge is -2.39. The van der Waals surface area contributed by atoms with Gasteiger partial charge in [0.25, 0.3) is 0 Å². The van der Waals surface area contributed by atoms with Crippen molar-refractivity contribution in [3.63, 3.8) is 0 Å². The molecule has 0 spiro atoms. The van der Waals surface area contributed by atoms with Crippen LogP contribution in [0.3, 0.4) is 0 Å². The number of carbonyl (C=O) groups is 1. The van der Waals surface area contributed by atoms with Crippen molar-refractivity contribution in [2.75, 3.05) is 6.26 Å². The minimum atomic E-state index is -0.847. The van der Waals surface area contributed by atoms with E-state index in [0.717, 1.165) is 6.42 Å². The summed E-state index contributed by atoms with van der Waals surface area (Å²) < 4.78 is 13.6. The molecule has 1 aliphatic rings. The molecule has 16 heavy (non-hydrogen) atoms. The largest absolute Gasteiger partial charge is 0.481 e. The zero-order valence-electron chi connectivity index (χ0n) is 9.00. The Morgan fingerprint density at radius 3 is 2.62 bits per heavy atom. The van der Waals surface area contributed by atoms with E-state index in [-0.39, 0.29) is 5.82 Å². The minimum Gasteiger partial charge on any atom is -0.481 e. The molecule has 0 aromatic heterocycles. The summed E-state index contributed by atoms with van der Waals surface area (Å²) >= 11 is 1.28. The third-order valence-electron chi connectivity index (χ3n) is 3.30. The summed E-state index contributed by atoms with van der Waals surface area (Å²) in [6, 6.07) is 4.71. The summed E-state index contributed by atoms with van der Waals surface area (Å²) in [6.45, 7) is 0. The van der Waals surface area contributed by atoms with Crippen molar-refractivity contribution in [2.24, 2.45) is 0 Å². The van der Waals surface area contributed by atoms with Crippen LogP contribution in [0.2, 0.25) is 0 Å². The molecular formula is C12H13FO2S. The molecule has 86 valence electrons. The van der Waals surface area contributed by atoms with Gasteiger partial charge in [-0.3, -0.25) is 4.79 Å². The molecule has 1 N–H and O–H groups in total. The van der Waals surface area contributed by atoms with Gasteiger partial charge in [0.05, 0.1) is 5.41 Å². The first-order valence-electron chi connectivity index (χ1n) is 5.18. The summed E-state index contributed by atoms with van der Waals surface area (Å²) in [5.74, 6) is -1.16. The lowest BCUT2D eigenvalue weighted by Crippen LogP contribution is -2.42. The number of halogens is 1. The number of rotatable bonds is 3. The number of hydrogen-bond acceptors (Lipinski definition) is 2. The van der Waals surface area contributed by atoms with Gasteiger partial charge >= 0.3 is 5.97 Å². The van der Waals surface area contributed by atoms with Crippen LogP contribution < -0.4 is 0 Å². The van der Waals surface area contributed by atoms with Gasteiger partial charge in [0, 0.05) is 4.90 Å². The Hall–Kier alpha value is -1.03. The second-order valence-electron chi connectivity index (χ2n) is 4.06. The van der Waals surface area contributed by atoms with Crippen LogP contribution in [0.1, 0.15) is 24.8 Å². The van der Waals surface area contributed by atoms with E-state index in [1.807, 2.05) is 0 Å². The van der Waals surface area contributed by atoms with Crippen molar-refractivity contribution in [3.8, 4) is 0 Å². The fourth-order valence-electron chi connectivity index (χ4n) is 2.22. The molecule has 1 aromatic carbocycles. The van der Waals surface area contributed by atoms with Gasteiger partial charge < -0.3 is 5.11 Å². The molecule has 2 rings (SSSR count). The zero-order valence-corrected chi connectivity index (χ0v) is 9.81. The maximum atomic E-state index is 13.6. The molecule has 0 amide bonds. The average Bonchev–Trinajstić information content (AvgIpc) is 2.15. The molecule has 1 aromatic rings. The van der Waals surface area contributed by atoms with E-state index in [0.29, 0.717) is 23.3 Å². The summed E-state index contributed by atoms with van der Waals surface area (Å²) in [7, 11) is 0. The van der Waals surface area contributed by atoms with Gasteiger partial charge in [-0.1, -0.05) is 18.6 Å². The van der Waals surface area contributed by atoms with E-state index in [1.54, 1.807) is 18.4 Å². The van der Waals surface area contributed by atoms with Crippen LogP contribution in [-0.4, -0.2) is 17.3 Å². The van der Waals surface area contributed by atoms with Gasteiger partial charge in [-0.05, 0) is 30.7 Å². The van der Waals surface area contributed by atoms with Crippen molar-refractivity contribution < 1.29 is 14.3 Å². The highest BCUT2D eigenvalue weighted by Crippen LogP contribution is 2.47. The molecule has 0 atom stereocenters. The summed E-state index contributed by atoms with van der Waals surface area (Å²) in [4.78, 5) is 11.8. The van der Waals surface area contributed by atoms with E-state index < -0.39 is 11.4 Å². The Balaban J connectivity index is 2.54. The molecule has 2 nitrogen and oxygen atoms in total. The van der Waals surface area contributed by atoms with Gasteiger partial charge in [-0.25, -0.2) is 4.39 Å². The normalized spacial score (nSPS) is 17.9. The predicted octanol–water partition coefficient (Wildman–Crippen LogP) is 3.05. The van der Waals surface area contributed by atoms with E-state index >= 15 is 0 Å². The summed E-state index contributed by atoms with van der Waals surface area (Å²) in [6.07, 6.45) is 3.89. The second-order valence-corrected chi connectivity index (χ2v) is 4.88. The van der Waals surface area contributed by atoms with Crippen LogP contribution >= 0.6 is 11.8 Å². The SMILES string of the molecule is CSc1c(F)cccc1C1(C(=O)O)CCC1. The molecule has 1 aliphatic carbocycles. The van der Waals surface area contributed by atoms with E-state index in [4.69, 9.17) is 0 Å². The number of carboxylic acids is 1. The highest BCUT2D eigenvalue weighted by atomic mass is 32.2. The number of thioether (sulfide) groups is 1. The maximum absolute atomic E-state index is 13.6. The van der Waals surface area contributed by atoms with Crippen molar-refractivity contribution >= 4 is 17.7 Å². The fourth-order valence-corrected chi connectivity index (χ4v) is 2.97. The van der Waals surface area contributed by atoms with Gasteiger partial charge in [0.1, 0.15) is 5.82 Å². The first kappa shape index (κ1) is 11.5. The van der Waals surface area contributed by atoms with E-state index in [9.17, 15) is 14.3 Å². The first-order valence-corrected chi connectivity index (χ1v) is 6.40. The fraction of sp³-hybridized carbons (Fsp3) is 0.417. The molecule has 0 saturated heterocycles. The number of carboxylic acid groups (broad SMARTS) is 1. The smallest absolute Gasteiger partial charge is 0.314 e. The van der Waals surface area contributed by atoms with Gasteiger partial charge in [-0.2, -0.15) is 0 Å². The van der Waals surface area contributed by atoms with E-state index in [2.05, 4.69) is 0 Å². The van der Waals surface area contributed by atoms with Crippen molar-refractivity contribution in [2.45, 2.75) is 29.6 Å². The Bertz CT molecular complexity index is 427. The first-order chi connectivity index (χ1) is 7.62. The summed E-state index contributed by atoms with van der Waals surface area (Å²) in [5, 5.41) is 9.32. The number of aliphatic carboxylic acids is 1. The Kier molecular flexibility index (Phi) is 2.93. The third-order valence-corrected chi connectivity index (χ3v) is 4.13. The van der Waals surface area contributed by atoms with Crippen molar-refractivity contribution in [1.29, 1.82) is 0 Å². The topological polar surface area (TPSA) is 37.3 Å². The molecule has 0 bridgehead atoms. The van der Waals surface area contributed by atoms with Gasteiger partial charge in [-0.15, -0.1) is 11.8 Å². The van der Waals surface area contributed by atoms with Crippen molar-refractivity contribution in [3.05, 3.63) is 29.6 Å². The molecule has 4 heteroatoms. The number of benzene rings is 1. The molecule has 0 radical (unpaired) electrons. The molecule has 0 heterocycles. The Morgan fingerprint density at radius 2 is 2.19 bits per heavy atom. The number of hydrogen-bond donors (Lipinski definition) is 1. The quantitative estimate of drug-likeness (QED) is 0.825.